The molecule has 1 aromatic carbocycles. The van der Waals surface area contributed by atoms with E-state index in [2.05, 4.69) is 5.32 Å². The summed E-state index contributed by atoms with van der Waals surface area (Å²) >= 11 is 5.85. The highest BCUT2D eigenvalue weighted by atomic mass is 35.5. The minimum atomic E-state index is -0.584. The fourth-order valence-corrected chi connectivity index (χ4v) is 1.77. The minimum Gasteiger partial charge on any atom is -0.382 e. The number of nitrogens with one attached hydrogen (secondary N) is 1. The zero-order valence-corrected chi connectivity index (χ0v) is 12.4. The van der Waals surface area contributed by atoms with Gasteiger partial charge in [-0.1, -0.05) is 17.7 Å². The van der Waals surface area contributed by atoms with Crippen molar-refractivity contribution >= 4 is 23.6 Å². The van der Waals surface area contributed by atoms with E-state index in [9.17, 15) is 9.18 Å². The van der Waals surface area contributed by atoms with Crippen molar-refractivity contribution in [1.29, 1.82) is 5.26 Å². The molecule has 1 aromatic rings. The van der Waals surface area contributed by atoms with E-state index >= 15 is 0 Å². The Hall–Kier alpha value is -1.90. The fraction of sp³-hybridized carbons (Fsp3) is 0.333. The Bertz CT molecular complexity index is 547. The molecular formula is C15H16ClFN2O2. The van der Waals surface area contributed by atoms with Crippen molar-refractivity contribution in [3.63, 3.8) is 0 Å². The third kappa shape index (κ3) is 5.54. The van der Waals surface area contributed by atoms with E-state index in [1.807, 2.05) is 6.92 Å². The number of rotatable bonds is 7. The number of amides is 1. The summed E-state index contributed by atoms with van der Waals surface area (Å²) in [5, 5.41) is 11.7. The smallest absolute Gasteiger partial charge is 0.261 e. The van der Waals surface area contributed by atoms with Gasteiger partial charge in [-0.25, -0.2) is 4.39 Å². The zero-order valence-electron chi connectivity index (χ0n) is 11.7. The van der Waals surface area contributed by atoms with Gasteiger partial charge in [0.15, 0.2) is 0 Å². The lowest BCUT2D eigenvalue weighted by atomic mass is 10.1. The molecule has 4 nitrogen and oxygen atoms in total. The van der Waals surface area contributed by atoms with Gasteiger partial charge in [0.1, 0.15) is 17.5 Å². The van der Waals surface area contributed by atoms with Crippen molar-refractivity contribution in [2.24, 2.45) is 0 Å². The number of hydrogen-bond donors (Lipinski definition) is 1. The molecule has 0 aromatic heterocycles. The summed E-state index contributed by atoms with van der Waals surface area (Å²) in [5.74, 6) is -1.15. The van der Waals surface area contributed by atoms with Crippen LogP contribution in [0.1, 0.15) is 18.9 Å². The number of carbonyl (C=O) groups is 1. The molecule has 6 heteroatoms. The molecule has 0 spiro atoms. The molecule has 0 bridgehead atoms. The first-order valence-electron chi connectivity index (χ1n) is 6.52. The molecule has 1 amide bonds. The van der Waals surface area contributed by atoms with Crippen molar-refractivity contribution in [3.05, 3.63) is 40.2 Å². The second-order valence-electron chi connectivity index (χ2n) is 4.11. The lowest BCUT2D eigenvalue weighted by Gasteiger charge is -2.05. The van der Waals surface area contributed by atoms with Crippen LogP contribution in [0.2, 0.25) is 5.02 Å². The number of ether oxygens (including phenoxy) is 1. The van der Waals surface area contributed by atoms with Crippen molar-refractivity contribution in [2.45, 2.75) is 13.3 Å². The Morgan fingerprint density at radius 1 is 1.57 bits per heavy atom. The summed E-state index contributed by atoms with van der Waals surface area (Å²) < 4.78 is 18.7. The molecule has 0 atom stereocenters. The van der Waals surface area contributed by atoms with Crippen molar-refractivity contribution in [2.75, 3.05) is 19.8 Å². The fourth-order valence-electron chi connectivity index (χ4n) is 1.56. The molecule has 1 N–H and O–H groups in total. The maximum Gasteiger partial charge on any atom is 0.261 e. The van der Waals surface area contributed by atoms with Crippen LogP contribution in [-0.4, -0.2) is 25.7 Å². The first-order chi connectivity index (χ1) is 10.1. The highest BCUT2D eigenvalue weighted by Crippen LogP contribution is 2.21. The Labute approximate surface area is 128 Å². The lowest BCUT2D eigenvalue weighted by Crippen LogP contribution is -2.26. The number of hydrogen-bond acceptors (Lipinski definition) is 3. The molecule has 0 unspecified atom stereocenters. The highest BCUT2D eigenvalue weighted by molar-refractivity contribution is 6.32. The Kier molecular flexibility index (Phi) is 7.44. The van der Waals surface area contributed by atoms with Crippen LogP contribution in [0.15, 0.2) is 23.8 Å². The molecule has 0 fully saturated rings. The van der Waals surface area contributed by atoms with Crippen LogP contribution in [0.3, 0.4) is 0 Å². The Balaban J connectivity index is 2.72. The second-order valence-corrected chi connectivity index (χ2v) is 4.52. The zero-order chi connectivity index (χ0) is 15.7. The monoisotopic (exact) mass is 310 g/mol. The lowest BCUT2D eigenvalue weighted by molar-refractivity contribution is -0.117. The number of halogens is 2. The standard InChI is InChI=1S/C15H16ClFN2O2/c1-2-21-8-4-7-19-15(20)11(10-18)9-12-13(16)5-3-6-14(12)17/h3,5-6,9H,2,4,7-8H2,1H3,(H,19,20)/b11-9+. The van der Waals surface area contributed by atoms with Gasteiger partial charge in [0.25, 0.3) is 5.91 Å². The van der Waals surface area contributed by atoms with E-state index in [4.69, 9.17) is 21.6 Å². The van der Waals surface area contributed by atoms with Crippen LogP contribution >= 0.6 is 11.6 Å². The number of nitriles is 1. The Morgan fingerprint density at radius 3 is 2.95 bits per heavy atom. The van der Waals surface area contributed by atoms with Crippen LogP contribution < -0.4 is 5.32 Å². The van der Waals surface area contributed by atoms with Gasteiger partial charge in [-0.2, -0.15) is 5.26 Å². The topological polar surface area (TPSA) is 62.1 Å². The SMILES string of the molecule is CCOCCCNC(=O)/C(C#N)=C/c1c(F)cccc1Cl. The van der Waals surface area contributed by atoms with Gasteiger partial charge < -0.3 is 10.1 Å². The molecule has 1 rings (SSSR count). The van der Waals surface area contributed by atoms with E-state index in [1.54, 1.807) is 6.07 Å². The third-order valence-corrected chi connectivity index (χ3v) is 2.94. The van der Waals surface area contributed by atoms with E-state index in [1.165, 1.54) is 18.2 Å². The van der Waals surface area contributed by atoms with Gasteiger partial charge in [0.05, 0.1) is 5.02 Å². The van der Waals surface area contributed by atoms with Crippen molar-refractivity contribution in [3.8, 4) is 6.07 Å². The molecule has 112 valence electrons. The van der Waals surface area contributed by atoms with Gasteiger partial charge in [-0.15, -0.1) is 0 Å². The maximum absolute atomic E-state index is 13.6. The normalized spacial score (nSPS) is 11.0. The molecular weight excluding hydrogens is 295 g/mol. The average molecular weight is 311 g/mol. The van der Waals surface area contributed by atoms with E-state index < -0.39 is 11.7 Å². The number of nitrogens with zero attached hydrogens (tertiary/aromatic N) is 1. The van der Waals surface area contributed by atoms with Gasteiger partial charge in [0, 0.05) is 25.3 Å². The van der Waals surface area contributed by atoms with Gasteiger partial charge in [0.2, 0.25) is 0 Å². The summed E-state index contributed by atoms with van der Waals surface area (Å²) in [6.45, 7) is 3.40. The van der Waals surface area contributed by atoms with Crippen LogP contribution in [0, 0.1) is 17.1 Å². The molecule has 0 aliphatic rings. The summed E-state index contributed by atoms with van der Waals surface area (Å²) in [5.41, 5.74) is -0.168. The first kappa shape index (κ1) is 17.2. The second kappa shape index (κ2) is 9.11. The molecule has 0 heterocycles. The highest BCUT2D eigenvalue weighted by Gasteiger charge is 2.11. The minimum absolute atomic E-state index is 0.0279. The predicted octanol–water partition coefficient (Wildman–Crippen LogP) is 2.93. The van der Waals surface area contributed by atoms with E-state index in [0.717, 1.165) is 6.08 Å². The summed E-state index contributed by atoms with van der Waals surface area (Å²) in [6.07, 6.45) is 1.79. The molecule has 0 radical (unpaired) electrons. The van der Waals surface area contributed by atoms with Crippen LogP contribution in [-0.2, 0) is 9.53 Å². The largest absolute Gasteiger partial charge is 0.382 e. The third-order valence-electron chi connectivity index (χ3n) is 2.61. The van der Waals surface area contributed by atoms with Crippen LogP contribution in [0.4, 0.5) is 4.39 Å². The molecule has 0 saturated heterocycles. The molecule has 0 aliphatic carbocycles. The Morgan fingerprint density at radius 2 is 2.33 bits per heavy atom. The van der Waals surface area contributed by atoms with E-state index in [-0.39, 0.29) is 16.2 Å². The number of benzene rings is 1. The van der Waals surface area contributed by atoms with Gasteiger partial charge in [-0.3, -0.25) is 4.79 Å². The summed E-state index contributed by atoms with van der Waals surface area (Å²) in [7, 11) is 0. The number of carbonyl (C=O) groups excluding carboxylic acids is 1. The van der Waals surface area contributed by atoms with Gasteiger partial charge >= 0.3 is 0 Å². The van der Waals surface area contributed by atoms with Crippen molar-refractivity contribution < 1.29 is 13.9 Å². The van der Waals surface area contributed by atoms with Gasteiger partial charge in [-0.05, 0) is 31.6 Å². The maximum atomic E-state index is 13.6. The van der Waals surface area contributed by atoms with Crippen LogP contribution in [0.5, 0.6) is 0 Å². The van der Waals surface area contributed by atoms with Crippen LogP contribution in [0.25, 0.3) is 6.08 Å². The molecule has 0 aliphatic heterocycles. The summed E-state index contributed by atoms with van der Waals surface area (Å²) in [4.78, 5) is 11.8. The first-order valence-corrected chi connectivity index (χ1v) is 6.89. The predicted molar refractivity (Wildman–Crippen MR) is 79.1 cm³/mol. The average Bonchev–Trinajstić information content (AvgIpc) is 2.46. The quantitative estimate of drug-likeness (QED) is 0.478. The molecule has 0 saturated carbocycles. The van der Waals surface area contributed by atoms with Crippen molar-refractivity contribution in [1.82, 2.24) is 5.32 Å². The summed E-state index contributed by atoms with van der Waals surface area (Å²) in [6, 6.07) is 5.91. The van der Waals surface area contributed by atoms with E-state index in [0.29, 0.717) is 26.2 Å². The molecule has 21 heavy (non-hydrogen) atoms.